The first-order chi connectivity index (χ1) is 8.79. The van der Waals surface area contributed by atoms with Crippen LogP contribution in [-0.2, 0) is 4.74 Å². The lowest BCUT2D eigenvalue weighted by Gasteiger charge is -2.38. The number of ether oxygens (including phenoxy) is 1. The molecule has 2 heterocycles. The first-order valence-corrected chi connectivity index (χ1v) is 6.55. The van der Waals surface area contributed by atoms with E-state index in [-0.39, 0.29) is 0 Å². The molecule has 1 aliphatic carbocycles. The molecule has 0 aromatic carbocycles. The van der Waals surface area contributed by atoms with Crippen LogP contribution in [0.5, 0.6) is 0 Å². The molecule has 0 radical (unpaired) electrons. The van der Waals surface area contributed by atoms with Gasteiger partial charge in [0.05, 0.1) is 24.9 Å². The number of hydrogen-bond donors (Lipinski definition) is 2. The van der Waals surface area contributed by atoms with Crippen LogP contribution in [0.1, 0.15) is 19.3 Å². The smallest absolute Gasteiger partial charge is 0.239 e. The van der Waals surface area contributed by atoms with Gasteiger partial charge in [0.2, 0.25) is 5.95 Å². The van der Waals surface area contributed by atoms with E-state index in [4.69, 9.17) is 22.2 Å². The van der Waals surface area contributed by atoms with Gasteiger partial charge in [-0.3, -0.25) is 5.43 Å². The summed E-state index contributed by atoms with van der Waals surface area (Å²) in [6, 6.07) is 0.372. The Labute approximate surface area is 110 Å². The number of hydrazine groups is 1. The van der Waals surface area contributed by atoms with Crippen molar-refractivity contribution in [2.75, 3.05) is 23.5 Å². The van der Waals surface area contributed by atoms with Crippen LogP contribution in [0, 0.1) is 0 Å². The fraction of sp³-hybridized carbons (Fsp3) is 0.636. The molecule has 2 atom stereocenters. The summed E-state index contributed by atoms with van der Waals surface area (Å²) in [5.74, 6) is 6.48. The molecular formula is C11H16ClN5O. The molecule has 1 saturated heterocycles. The highest BCUT2D eigenvalue weighted by atomic mass is 35.5. The van der Waals surface area contributed by atoms with Gasteiger partial charge in [0.15, 0.2) is 5.82 Å². The zero-order valence-electron chi connectivity index (χ0n) is 9.97. The van der Waals surface area contributed by atoms with Gasteiger partial charge in [-0.25, -0.2) is 10.8 Å². The van der Waals surface area contributed by atoms with Crippen LogP contribution >= 0.6 is 11.6 Å². The molecule has 3 rings (SSSR count). The van der Waals surface area contributed by atoms with Crippen molar-refractivity contribution in [2.24, 2.45) is 5.84 Å². The average molecular weight is 270 g/mol. The SMILES string of the molecule is NNc1ncc(Cl)c(N2CCOC3CCCC32)n1. The van der Waals surface area contributed by atoms with Crippen molar-refractivity contribution in [1.82, 2.24) is 9.97 Å². The third-order valence-corrected chi connectivity index (χ3v) is 3.88. The number of aromatic nitrogens is 2. The van der Waals surface area contributed by atoms with E-state index in [1.165, 1.54) is 6.42 Å². The largest absolute Gasteiger partial charge is 0.374 e. The predicted molar refractivity (Wildman–Crippen MR) is 69.6 cm³/mol. The number of rotatable bonds is 2. The Morgan fingerprint density at radius 2 is 2.39 bits per heavy atom. The normalized spacial score (nSPS) is 27.1. The Balaban J connectivity index is 1.93. The summed E-state index contributed by atoms with van der Waals surface area (Å²) in [7, 11) is 0. The molecule has 1 aliphatic heterocycles. The van der Waals surface area contributed by atoms with E-state index in [9.17, 15) is 0 Å². The van der Waals surface area contributed by atoms with Crippen molar-refractivity contribution in [3.8, 4) is 0 Å². The summed E-state index contributed by atoms with van der Waals surface area (Å²) >= 11 is 6.20. The third kappa shape index (κ3) is 2.00. The highest BCUT2D eigenvalue weighted by Crippen LogP contribution is 2.35. The molecule has 1 aromatic heterocycles. The maximum absolute atomic E-state index is 6.20. The second-order valence-corrected chi connectivity index (χ2v) is 5.02. The number of fused-ring (bicyclic) bond motifs is 1. The quantitative estimate of drug-likeness (QED) is 0.620. The van der Waals surface area contributed by atoms with Gasteiger partial charge in [-0.15, -0.1) is 0 Å². The van der Waals surface area contributed by atoms with Gasteiger partial charge < -0.3 is 9.64 Å². The van der Waals surface area contributed by atoms with E-state index in [1.807, 2.05) is 0 Å². The molecule has 0 amide bonds. The van der Waals surface area contributed by atoms with E-state index in [1.54, 1.807) is 6.20 Å². The van der Waals surface area contributed by atoms with E-state index >= 15 is 0 Å². The van der Waals surface area contributed by atoms with Crippen molar-refractivity contribution in [1.29, 1.82) is 0 Å². The first kappa shape index (κ1) is 12.0. The van der Waals surface area contributed by atoms with E-state index in [0.29, 0.717) is 29.7 Å². The minimum absolute atomic E-state index is 0.305. The number of nitrogens with two attached hydrogens (primary N) is 1. The van der Waals surface area contributed by atoms with Crippen molar-refractivity contribution in [3.63, 3.8) is 0 Å². The molecule has 3 N–H and O–H groups in total. The first-order valence-electron chi connectivity index (χ1n) is 6.17. The second kappa shape index (κ2) is 4.87. The fourth-order valence-electron chi connectivity index (χ4n) is 2.82. The number of nitrogens with one attached hydrogen (secondary N) is 1. The maximum Gasteiger partial charge on any atom is 0.239 e. The summed E-state index contributed by atoms with van der Waals surface area (Å²) in [4.78, 5) is 10.6. The summed E-state index contributed by atoms with van der Waals surface area (Å²) in [5.41, 5.74) is 2.45. The molecule has 98 valence electrons. The monoisotopic (exact) mass is 269 g/mol. The molecule has 0 spiro atoms. The number of nitrogens with zero attached hydrogens (tertiary/aromatic N) is 3. The van der Waals surface area contributed by atoms with Gasteiger partial charge in [0.1, 0.15) is 5.02 Å². The lowest BCUT2D eigenvalue weighted by molar-refractivity contribution is 0.0253. The van der Waals surface area contributed by atoms with Gasteiger partial charge in [-0.05, 0) is 19.3 Å². The standard InChI is InChI=1S/C11H16ClN5O/c12-7-6-14-11(16-13)15-10(7)17-4-5-18-9-3-1-2-8(9)17/h6,8-9H,1-5,13H2,(H,14,15,16). The Morgan fingerprint density at radius 1 is 1.50 bits per heavy atom. The van der Waals surface area contributed by atoms with Crippen LogP contribution in [-0.4, -0.2) is 35.3 Å². The molecule has 1 saturated carbocycles. The van der Waals surface area contributed by atoms with Crippen molar-refractivity contribution in [3.05, 3.63) is 11.2 Å². The summed E-state index contributed by atoms with van der Waals surface area (Å²) < 4.78 is 5.78. The average Bonchev–Trinajstić information content (AvgIpc) is 2.87. The Kier molecular flexibility index (Phi) is 3.23. The summed E-state index contributed by atoms with van der Waals surface area (Å²) in [6.07, 6.45) is 5.32. The predicted octanol–water partition coefficient (Wildman–Crippen LogP) is 1.17. The molecule has 0 bridgehead atoms. The van der Waals surface area contributed by atoms with Crippen LogP contribution in [0.15, 0.2) is 6.20 Å². The van der Waals surface area contributed by atoms with Gasteiger partial charge >= 0.3 is 0 Å². The van der Waals surface area contributed by atoms with Crippen molar-refractivity contribution < 1.29 is 4.74 Å². The Morgan fingerprint density at radius 3 is 3.22 bits per heavy atom. The molecule has 2 unspecified atom stereocenters. The second-order valence-electron chi connectivity index (χ2n) is 4.61. The Bertz CT molecular complexity index is 443. The lowest BCUT2D eigenvalue weighted by atomic mass is 10.1. The molecule has 18 heavy (non-hydrogen) atoms. The van der Waals surface area contributed by atoms with Gasteiger partial charge in [-0.1, -0.05) is 11.6 Å². The van der Waals surface area contributed by atoms with Gasteiger partial charge in [0, 0.05) is 6.54 Å². The number of anilines is 2. The molecule has 2 fully saturated rings. The molecular weight excluding hydrogens is 254 g/mol. The van der Waals surface area contributed by atoms with E-state index in [2.05, 4.69) is 20.3 Å². The highest BCUT2D eigenvalue weighted by molar-refractivity contribution is 6.32. The topological polar surface area (TPSA) is 76.3 Å². The molecule has 1 aromatic rings. The van der Waals surface area contributed by atoms with Crippen LogP contribution in [0.25, 0.3) is 0 Å². The summed E-state index contributed by atoms with van der Waals surface area (Å²) in [6.45, 7) is 1.52. The van der Waals surface area contributed by atoms with E-state index < -0.39 is 0 Å². The van der Waals surface area contributed by atoms with Crippen molar-refractivity contribution >= 4 is 23.4 Å². The van der Waals surface area contributed by atoms with Crippen LogP contribution < -0.4 is 16.2 Å². The van der Waals surface area contributed by atoms with Gasteiger partial charge in [-0.2, -0.15) is 4.98 Å². The minimum atomic E-state index is 0.305. The number of morpholine rings is 1. The van der Waals surface area contributed by atoms with Gasteiger partial charge in [0.25, 0.3) is 0 Å². The molecule has 2 aliphatic rings. The third-order valence-electron chi connectivity index (χ3n) is 3.61. The zero-order chi connectivity index (χ0) is 12.5. The lowest BCUT2D eigenvalue weighted by Crippen LogP contribution is -2.49. The maximum atomic E-state index is 6.20. The fourth-order valence-corrected chi connectivity index (χ4v) is 3.02. The zero-order valence-corrected chi connectivity index (χ0v) is 10.7. The Hall–Kier alpha value is -1.11. The van der Waals surface area contributed by atoms with Crippen molar-refractivity contribution in [2.45, 2.75) is 31.4 Å². The van der Waals surface area contributed by atoms with Crippen LogP contribution in [0.4, 0.5) is 11.8 Å². The molecule has 6 nitrogen and oxygen atoms in total. The summed E-state index contributed by atoms with van der Waals surface area (Å²) in [5, 5.41) is 0.557. The van der Waals surface area contributed by atoms with E-state index in [0.717, 1.165) is 25.2 Å². The van der Waals surface area contributed by atoms with Crippen LogP contribution in [0.3, 0.4) is 0 Å². The highest BCUT2D eigenvalue weighted by Gasteiger charge is 2.37. The number of hydrogen-bond acceptors (Lipinski definition) is 6. The number of halogens is 1. The minimum Gasteiger partial charge on any atom is -0.374 e. The molecule has 7 heteroatoms. The number of nitrogen functional groups attached to an aromatic ring is 1. The van der Waals surface area contributed by atoms with Crippen LogP contribution in [0.2, 0.25) is 5.02 Å².